The van der Waals surface area contributed by atoms with Crippen molar-refractivity contribution < 1.29 is 52.8 Å². The molecule has 0 bridgehead atoms. The largest absolute Gasteiger partial charge is 0.507 e. The maximum absolute atomic E-state index is 15.3. The predicted octanol–water partition coefficient (Wildman–Crippen LogP) is 8.85. The lowest BCUT2D eigenvalue weighted by molar-refractivity contribution is -0.124. The van der Waals surface area contributed by atoms with Gasteiger partial charge in [-0.1, -0.05) is 30.3 Å². The zero-order valence-electron chi connectivity index (χ0n) is 39.2. The molecular formula is C49H63N5O11. The summed E-state index contributed by atoms with van der Waals surface area (Å²) in [6.07, 6.45) is -0.175. The number of carbonyl (C=O) groups excluding carboxylic acids is 5. The van der Waals surface area contributed by atoms with Crippen molar-refractivity contribution in [3.05, 3.63) is 71.8 Å². The first-order chi connectivity index (χ1) is 30.4. The van der Waals surface area contributed by atoms with Crippen LogP contribution in [0.1, 0.15) is 105 Å². The van der Waals surface area contributed by atoms with Crippen molar-refractivity contribution in [1.29, 1.82) is 5.41 Å². The lowest BCUT2D eigenvalue weighted by Gasteiger charge is -2.41. The molecule has 5 amide bonds. The van der Waals surface area contributed by atoms with Crippen LogP contribution in [-0.4, -0.2) is 114 Å². The molecule has 0 aromatic heterocycles. The zero-order chi connectivity index (χ0) is 47.6. The topological polar surface area (TPSA) is 189 Å². The first-order valence-corrected chi connectivity index (χ1v) is 22.1. The Morgan fingerprint density at radius 2 is 1.48 bits per heavy atom. The number of rotatable bonds is 10. The summed E-state index contributed by atoms with van der Waals surface area (Å²) in [5.41, 5.74) is 0.341. The van der Waals surface area contributed by atoms with E-state index in [9.17, 15) is 24.3 Å². The van der Waals surface area contributed by atoms with E-state index in [1.807, 2.05) is 41.3 Å². The number of nitrogens with one attached hydrogen (secondary N) is 1. The number of carbonyl (C=O) groups is 5. The number of piperidine rings is 1. The van der Waals surface area contributed by atoms with E-state index >= 15 is 4.79 Å². The molecule has 1 unspecified atom stereocenters. The second-order valence-corrected chi connectivity index (χ2v) is 19.7. The molecule has 16 nitrogen and oxygen atoms in total. The number of amidine groups is 1. The summed E-state index contributed by atoms with van der Waals surface area (Å²) in [4.78, 5) is 74.4. The van der Waals surface area contributed by atoms with E-state index in [4.69, 9.17) is 29.1 Å². The third-order valence-corrected chi connectivity index (χ3v) is 10.9. The van der Waals surface area contributed by atoms with E-state index in [0.717, 1.165) is 18.4 Å². The minimum atomic E-state index is -1.14. The molecule has 350 valence electrons. The van der Waals surface area contributed by atoms with E-state index in [2.05, 4.69) is 0 Å². The fraction of sp³-hybridized carbons (Fsp3) is 0.510. The van der Waals surface area contributed by atoms with Crippen LogP contribution in [0.5, 0.6) is 11.5 Å². The third kappa shape index (κ3) is 12.0. The average Bonchev–Trinajstić information content (AvgIpc) is 4.05. The molecule has 0 radical (unpaired) electrons. The first-order valence-electron chi connectivity index (χ1n) is 22.1. The number of amides is 5. The van der Waals surface area contributed by atoms with Gasteiger partial charge in [0.05, 0.1) is 17.2 Å². The molecule has 65 heavy (non-hydrogen) atoms. The Balaban J connectivity index is 1.36. The van der Waals surface area contributed by atoms with Crippen molar-refractivity contribution in [2.45, 2.75) is 117 Å². The second kappa shape index (κ2) is 19.1. The van der Waals surface area contributed by atoms with Gasteiger partial charge >= 0.3 is 18.3 Å². The summed E-state index contributed by atoms with van der Waals surface area (Å²) in [5.74, 6) is -1.89. The van der Waals surface area contributed by atoms with Gasteiger partial charge < -0.3 is 43.5 Å². The Labute approximate surface area is 381 Å². The monoisotopic (exact) mass is 897 g/mol. The molecule has 2 heterocycles. The highest BCUT2D eigenvalue weighted by molar-refractivity contribution is 6.16. The van der Waals surface area contributed by atoms with Crippen LogP contribution in [-0.2, 0) is 28.5 Å². The molecule has 1 aliphatic carbocycles. The van der Waals surface area contributed by atoms with Gasteiger partial charge in [-0.05, 0) is 141 Å². The number of methoxy groups -OCH3 is 1. The van der Waals surface area contributed by atoms with Gasteiger partial charge in [-0.15, -0.1) is 0 Å². The predicted molar refractivity (Wildman–Crippen MR) is 245 cm³/mol. The minimum Gasteiger partial charge on any atom is -0.507 e. The van der Waals surface area contributed by atoms with Crippen molar-refractivity contribution >= 4 is 47.3 Å². The van der Waals surface area contributed by atoms with Gasteiger partial charge in [0.1, 0.15) is 28.3 Å². The SMILES string of the molecule is COCCCN1C(=O)COc2ccc(N(C(=O)C3CN(C(=O)OC(C)(C)C)CC[C@@H]3c3cccc(-c4ccc(O)c(C(=N)N(C(=O)OC(C)(C)C)C(=O)OC(C)(C)C)c4)c3)C3CC3)cc21. The minimum absolute atomic E-state index is 0.0848. The second-order valence-electron chi connectivity index (χ2n) is 19.7. The number of phenolic OH excluding ortho intramolecular Hbond substituents is 1. The molecule has 2 N–H and O–H groups in total. The maximum Gasteiger partial charge on any atom is 0.425 e. The van der Waals surface area contributed by atoms with Crippen LogP contribution in [0.2, 0.25) is 0 Å². The van der Waals surface area contributed by atoms with Gasteiger partial charge in [0.2, 0.25) is 5.91 Å². The molecule has 3 aromatic rings. The highest BCUT2D eigenvalue weighted by Gasteiger charge is 2.45. The summed E-state index contributed by atoms with van der Waals surface area (Å²) in [6, 6.07) is 17.5. The van der Waals surface area contributed by atoms with Crippen LogP contribution in [0, 0.1) is 11.3 Å². The number of ether oxygens (including phenoxy) is 5. The van der Waals surface area contributed by atoms with E-state index in [0.29, 0.717) is 65.7 Å². The summed E-state index contributed by atoms with van der Waals surface area (Å²) in [7, 11) is 1.61. The van der Waals surface area contributed by atoms with Crippen LogP contribution in [0.3, 0.4) is 0 Å². The number of phenols is 1. The van der Waals surface area contributed by atoms with Crippen molar-refractivity contribution in [3.63, 3.8) is 0 Å². The normalized spacial score (nSPS) is 17.7. The number of imide groups is 1. The molecule has 3 aliphatic rings. The highest BCUT2D eigenvalue weighted by atomic mass is 16.6. The lowest BCUT2D eigenvalue weighted by atomic mass is 9.78. The van der Waals surface area contributed by atoms with Crippen LogP contribution in [0.25, 0.3) is 11.1 Å². The standard InChI is InChI=1S/C49H63N5O11/c1-47(2,3)63-44(58)51-23-21-35(37(28-51)43(57)53(33-16-17-33)34-18-20-40-38(27-34)52(22-12-24-61-10)41(56)29-62-40)32-14-11-13-30(25-32)31-15-19-39(55)36(26-31)42(50)54(45(59)64-48(4,5)6)46(60)65-49(7,8)9/h11,13-15,18-20,25-27,33,35,37,50,55H,12,16-17,21-24,28-29H2,1-10H3/t35-,37?/m1/s1. The van der Waals surface area contributed by atoms with E-state index in [1.54, 1.807) is 91.4 Å². The summed E-state index contributed by atoms with van der Waals surface area (Å²) >= 11 is 0. The quantitative estimate of drug-likeness (QED) is 0.0856. The Hall–Kier alpha value is -6.16. The van der Waals surface area contributed by atoms with Gasteiger partial charge in [0.25, 0.3) is 5.91 Å². The number of anilines is 2. The zero-order valence-corrected chi connectivity index (χ0v) is 39.2. The molecule has 2 atom stereocenters. The fourth-order valence-corrected chi connectivity index (χ4v) is 7.92. The number of benzene rings is 3. The van der Waals surface area contributed by atoms with Crippen LogP contribution in [0.4, 0.5) is 25.8 Å². The first kappa shape index (κ1) is 48.3. The number of hydrogen-bond donors (Lipinski definition) is 2. The molecule has 2 aliphatic heterocycles. The van der Waals surface area contributed by atoms with Crippen LogP contribution >= 0.6 is 0 Å². The van der Waals surface area contributed by atoms with Crippen molar-refractivity contribution in [2.24, 2.45) is 5.92 Å². The molecular weight excluding hydrogens is 835 g/mol. The van der Waals surface area contributed by atoms with Crippen molar-refractivity contribution in [3.8, 4) is 22.6 Å². The molecule has 3 aromatic carbocycles. The summed E-state index contributed by atoms with van der Waals surface area (Å²) in [6.45, 7) is 16.4. The lowest BCUT2D eigenvalue weighted by Crippen LogP contribution is -2.51. The Morgan fingerprint density at radius 3 is 2.09 bits per heavy atom. The number of hydrogen-bond acceptors (Lipinski definition) is 12. The highest BCUT2D eigenvalue weighted by Crippen LogP contribution is 2.43. The number of nitrogens with zero attached hydrogens (tertiary/aromatic N) is 4. The van der Waals surface area contributed by atoms with Gasteiger partial charge in [0, 0.05) is 45.1 Å². The van der Waals surface area contributed by atoms with E-state index in [-0.39, 0.29) is 48.2 Å². The van der Waals surface area contributed by atoms with E-state index in [1.165, 1.54) is 12.1 Å². The Morgan fingerprint density at radius 1 is 0.831 bits per heavy atom. The summed E-state index contributed by atoms with van der Waals surface area (Å²) in [5, 5.41) is 20.1. The molecule has 2 fully saturated rings. The molecule has 6 rings (SSSR count). The molecule has 1 saturated carbocycles. The van der Waals surface area contributed by atoms with Gasteiger partial charge in [-0.3, -0.25) is 15.0 Å². The van der Waals surface area contributed by atoms with Crippen LogP contribution in [0.15, 0.2) is 60.7 Å². The number of fused-ring (bicyclic) bond motifs is 1. The van der Waals surface area contributed by atoms with Gasteiger partial charge in [-0.25, -0.2) is 14.4 Å². The third-order valence-electron chi connectivity index (χ3n) is 10.9. The van der Waals surface area contributed by atoms with Gasteiger partial charge in [0.15, 0.2) is 12.4 Å². The molecule has 16 heteroatoms. The van der Waals surface area contributed by atoms with E-state index < -0.39 is 46.8 Å². The summed E-state index contributed by atoms with van der Waals surface area (Å²) < 4.78 is 27.8. The number of likely N-dealkylation sites (tertiary alicyclic amines) is 1. The smallest absolute Gasteiger partial charge is 0.425 e. The molecule has 0 spiro atoms. The Bertz CT molecular complexity index is 2280. The van der Waals surface area contributed by atoms with Gasteiger partial charge in [-0.2, -0.15) is 4.90 Å². The number of aromatic hydroxyl groups is 1. The molecule has 1 saturated heterocycles. The van der Waals surface area contributed by atoms with Crippen molar-refractivity contribution in [1.82, 2.24) is 9.80 Å². The Kier molecular flexibility index (Phi) is 14.2. The maximum atomic E-state index is 15.3. The average molecular weight is 898 g/mol. The van der Waals surface area contributed by atoms with Crippen LogP contribution < -0.4 is 14.5 Å². The van der Waals surface area contributed by atoms with Crippen molar-refractivity contribution in [2.75, 3.05) is 49.8 Å². The fourth-order valence-electron chi connectivity index (χ4n) is 7.92.